The van der Waals surface area contributed by atoms with Crippen molar-refractivity contribution >= 4 is 5.69 Å². The summed E-state index contributed by atoms with van der Waals surface area (Å²) in [7, 11) is 0. The van der Waals surface area contributed by atoms with Crippen LogP contribution in [0.3, 0.4) is 0 Å². The van der Waals surface area contributed by atoms with E-state index in [0.717, 1.165) is 24.3 Å². The lowest BCUT2D eigenvalue weighted by Gasteiger charge is -2.21. The zero-order valence-electron chi connectivity index (χ0n) is 9.45. The second-order valence-electron chi connectivity index (χ2n) is 4.26. The van der Waals surface area contributed by atoms with Gasteiger partial charge in [-0.05, 0) is 37.8 Å². The van der Waals surface area contributed by atoms with Crippen molar-refractivity contribution in [3.8, 4) is 0 Å². The Hall–Kier alpha value is -1.09. The van der Waals surface area contributed by atoms with Crippen LogP contribution in [0.25, 0.3) is 0 Å². The van der Waals surface area contributed by atoms with E-state index in [1.807, 2.05) is 6.07 Å². The molecular weight excluding hydrogens is 205 g/mol. The molecule has 2 nitrogen and oxygen atoms in total. The molecule has 0 amide bonds. The van der Waals surface area contributed by atoms with E-state index in [9.17, 15) is 4.39 Å². The Kier molecular flexibility index (Phi) is 3.78. The van der Waals surface area contributed by atoms with E-state index in [4.69, 9.17) is 5.11 Å². The van der Waals surface area contributed by atoms with Gasteiger partial charge in [-0.15, -0.1) is 0 Å². The second kappa shape index (κ2) is 5.30. The predicted octanol–water partition coefficient (Wildman–Crippen LogP) is 2.35. The number of anilines is 1. The first-order valence-electron chi connectivity index (χ1n) is 5.96. The first-order valence-corrected chi connectivity index (χ1v) is 5.96. The Morgan fingerprint density at radius 3 is 2.69 bits per heavy atom. The molecule has 1 aliphatic heterocycles. The van der Waals surface area contributed by atoms with E-state index in [1.54, 1.807) is 6.07 Å². The van der Waals surface area contributed by atoms with E-state index in [0.29, 0.717) is 12.8 Å². The molecule has 16 heavy (non-hydrogen) atoms. The number of aliphatic hydroxyl groups excluding tert-OH is 1. The van der Waals surface area contributed by atoms with Crippen molar-refractivity contribution in [1.82, 2.24) is 0 Å². The minimum Gasteiger partial charge on any atom is -0.396 e. The van der Waals surface area contributed by atoms with E-state index in [2.05, 4.69) is 4.90 Å². The topological polar surface area (TPSA) is 23.5 Å². The van der Waals surface area contributed by atoms with E-state index < -0.39 is 0 Å². The summed E-state index contributed by atoms with van der Waals surface area (Å²) in [6.07, 6.45) is 3.63. The van der Waals surface area contributed by atoms with Gasteiger partial charge in [-0.2, -0.15) is 0 Å². The van der Waals surface area contributed by atoms with E-state index in [-0.39, 0.29) is 12.4 Å². The predicted molar refractivity (Wildman–Crippen MR) is 63.3 cm³/mol. The van der Waals surface area contributed by atoms with Crippen molar-refractivity contribution in [2.45, 2.75) is 25.7 Å². The van der Waals surface area contributed by atoms with Crippen LogP contribution in [0.1, 0.15) is 24.8 Å². The van der Waals surface area contributed by atoms with Gasteiger partial charge in [0, 0.05) is 30.9 Å². The van der Waals surface area contributed by atoms with Gasteiger partial charge in [0.15, 0.2) is 0 Å². The molecule has 0 unspecified atom stereocenters. The maximum absolute atomic E-state index is 13.7. The Labute approximate surface area is 95.7 Å². The normalized spacial score (nSPS) is 15.8. The van der Waals surface area contributed by atoms with E-state index >= 15 is 0 Å². The summed E-state index contributed by atoms with van der Waals surface area (Å²) >= 11 is 0. The molecule has 1 fully saturated rings. The number of aliphatic hydroxyl groups is 1. The average molecular weight is 223 g/mol. The van der Waals surface area contributed by atoms with Crippen molar-refractivity contribution in [3.05, 3.63) is 29.6 Å². The maximum Gasteiger partial charge on any atom is 0.128 e. The van der Waals surface area contributed by atoms with Crippen LogP contribution in [0, 0.1) is 5.82 Å². The van der Waals surface area contributed by atoms with Crippen molar-refractivity contribution in [2.75, 3.05) is 24.6 Å². The zero-order valence-corrected chi connectivity index (χ0v) is 9.45. The molecule has 0 atom stereocenters. The van der Waals surface area contributed by atoms with Gasteiger partial charge in [0.25, 0.3) is 0 Å². The third-order valence-electron chi connectivity index (χ3n) is 3.13. The largest absolute Gasteiger partial charge is 0.396 e. The molecule has 0 radical (unpaired) electrons. The first kappa shape index (κ1) is 11.4. The monoisotopic (exact) mass is 223 g/mol. The van der Waals surface area contributed by atoms with Gasteiger partial charge in [0.1, 0.15) is 5.82 Å². The molecule has 1 N–H and O–H groups in total. The first-order chi connectivity index (χ1) is 7.83. The van der Waals surface area contributed by atoms with Gasteiger partial charge >= 0.3 is 0 Å². The van der Waals surface area contributed by atoms with Crippen LogP contribution in [0.2, 0.25) is 0 Å². The van der Waals surface area contributed by atoms with Crippen molar-refractivity contribution in [2.24, 2.45) is 0 Å². The van der Waals surface area contributed by atoms with Crippen LogP contribution in [-0.2, 0) is 6.42 Å². The highest BCUT2D eigenvalue weighted by atomic mass is 19.1. The highest BCUT2D eigenvalue weighted by Gasteiger charge is 2.17. The summed E-state index contributed by atoms with van der Waals surface area (Å²) in [6.45, 7) is 2.17. The molecule has 1 aliphatic rings. The zero-order chi connectivity index (χ0) is 11.4. The highest BCUT2D eigenvalue weighted by molar-refractivity contribution is 5.54. The van der Waals surface area contributed by atoms with Gasteiger partial charge in [0.2, 0.25) is 0 Å². The average Bonchev–Trinajstić information content (AvgIpc) is 2.80. The Morgan fingerprint density at radius 2 is 2.00 bits per heavy atom. The third-order valence-corrected chi connectivity index (χ3v) is 3.13. The number of benzene rings is 1. The molecule has 0 saturated carbocycles. The quantitative estimate of drug-likeness (QED) is 0.847. The van der Waals surface area contributed by atoms with Crippen LogP contribution < -0.4 is 4.90 Å². The minimum atomic E-state index is -0.141. The minimum absolute atomic E-state index is 0.119. The summed E-state index contributed by atoms with van der Waals surface area (Å²) in [5, 5.41) is 8.84. The van der Waals surface area contributed by atoms with Crippen molar-refractivity contribution < 1.29 is 9.50 Å². The smallest absolute Gasteiger partial charge is 0.128 e. The molecule has 88 valence electrons. The van der Waals surface area contributed by atoms with Crippen LogP contribution >= 0.6 is 0 Å². The molecule has 3 heteroatoms. The van der Waals surface area contributed by atoms with Crippen molar-refractivity contribution in [3.63, 3.8) is 0 Å². The maximum atomic E-state index is 13.7. The van der Waals surface area contributed by atoms with Crippen LogP contribution in [0.4, 0.5) is 10.1 Å². The molecule has 1 aromatic rings. The number of hydrogen-bond acceptors (Lipinski definition) is 2. The highest BCUT2D eigenvalue weighted by Crippen LogP contribution is 2.27. The fourth-order valence-electron chi connectivity index (χ4n) is 2.30. The number of halogens is 1. The summed E-state index contributed by atoms with van der Waals surface area (Å²) in [5.41, 5.74) is 1.78. The van der Waals surface area contributed by atoms with Gasteiger partial charge < -0.3 is 10.0 Å². The summed E-state index contributed by atoms with van der Waals surface area (Å²) in [5.74, 6) is -0.141. The van der Waals surface area contributed by atoms with Gasteiger partial charge in [-0.1, -0.05) is 6.07 Å². The van der Waals surface area contributed by atoms with Gasteiger partial charge in [-0.3, -0.25) is 0 Å². The summed E-state index contributed by atoms with van der Waals surface area (Å²) in [4.78, 5) is 2.25. The third kappa shape index (κ3) is 2.35. The number of hydrogen-bond donors (Lipinski definition) is 1. The Balaban J connectivity index is 2.24. The number of rotatable bonds is 4. The number of nitrogens with zero attached hydrogens (tertiary/aromatic N) is 1. The molecular formula is C13H18FNO. The van der Waals surface area contributed by atoms with Crippen LogP contribution in [0.5, 0.6) is 0 Å². The standard InChI is InChI=1S/C13H18FNO/c14-12-6-3-7-13(11(12)5-4-10-16)15-8-1-2-9-15/h3,6-7,16H,1-2,4-5,8-10H2. The van der Waals surface area contributed by atoms with Gasteiger partial charge in [-0.25, -0.2) is 4.39 Å². The second-order valence-corrected chi connectivity index (χ2v) is 4.26. The summed E-state index contributed by atoms with van der Waals surface area (Å²) < 4.78 is 13.7. The Morgan fingerprint density at radius 1 is 1.25 bits per heavy atom. The molecule has 1 aromatic carbocycles. The van der Waals surface area contributed by atoms with Crippen LogP contribution in [0.15, 0.2) is 18.2 Å². The molecule has 1 heterocycles. The van der Waals surface area contributed by atoms with Gasteiger partial charge in [0.05, 0.1) is 0 Å². The summed E-state index contributed by atoms with van der Waals surface area (Å²) in [6, 6.07) is 5.26. The Bertz CT molecular complexity index is 348. The molecule has 0 aromatic heterocycles. The van der Waals surface area contributed by atoms with Crippen molar-refractivity contribution in [1.29, 1.82) is 0 Å². The van der Waals surface area contributed by atoms with E-state index in [1.165, 1.54) is 18.9 Å². The lowest BCUT2D eigenvalue weighted by molar-refractivity contribution is 0.288. The fourth-order valence-corrected chi connectivity index (χ4v) is 2.30. The lowest BCUT2D eigenvalue weighted by Crippen LogP contribution is -2.20. The lowest BCUT2D eigenvalue weighted by atomic mass is 10.1. The SMILES string of the molecule is OCCCc1c(F)cccc1N1CCCC1. The molecule has 0 bridgehead atoms. The van der Waals surface area contributed by atoms with Crippen LogP contribution in [-0.4, -0.2) is 24.8 Å². The molecule has 2 rings (SSSR count). The molecule has 0 spiro atoms. The molecule has 0 aliphatic carbocycles. The molecule has 1 saturated heterocycles. The fraction of sp³-hybridized carbons (Fsp3) is 0.538.